The van der Waals surface area contributed by atoms with Crippen LogP contribution >= 0.6 is 11.6 Å². The number of hydrogen-bond donors (Lipinski definition) is 2. The van der Waals surface area contributed by atoms with Crippen LogP contribution in [0.5, 0.6) is 5.75 Å². The van der Waals surface area contributed by atoms with Gasteiger partial charge in [-0.3, -0.25) is 0 Å². The first-order chi connectivity index (χ1) is 9.49. The lowest BCUT2D eigenvalue weighted by atomic mass is 10.1. The molecule has 2 rings (SSSR count). The third-order valence-corrected chi connectivity index (χ3v) is 3.77. The summed E-state index contributed by atoms with van der Waals surface area (Å²) in [5.74, 6) is 0.693. The zero-order valence-corrected chi connectivity index (χ0v) is 12.3. The Morgan fingerprint density at radius 3 is 2.40 bits per heavy atom. The zero-order valence-electron chi connectivity index (χ0n) is 11.6. The smallest absolute Gasteiger partial charge is 0.120 e. The van der Waals surface area contributed by atoms with Crippen molar-refractivity contribution in [3.05, 3.63) is 58.1 Å². The molecule has 0 radical (unpaired) electrons. The van der Waals surface area contributed by atoms with Crippen molar-refractivity contribution in [2.24, 2.45) is 0 Å². The number of benzene rings is 2. The van der Waals surface area contributed by atoms with Crippen LogP contribution in [-0.4, -0.2) is 11.7 Å². The Bertz CT molecular complexity index is 590. The summed E-state index contributed by atoms with van der Waals surface area (Å²) >= 11 is 6.11. The van der Waals surface area contributed by atoms with Crippen LogP contribution in [-0.2, 0) is 0 Å². The molecule has 2 aromatic rings. The first-order valence-corrected chi connectivity index (χ1v) is 6.79. The van der Waals surface area contributed by atoms with Crippen LogP contribution < -0.4 is 10.5 Å². The SMILES string of the molecule is Cc1cc(OCC(O)c2ccccc2N)cc(C)c1Cl. The third-order valence-electron chi connectivity index (χ3n) is 3.17. The van der Waals surface area contributed by atoms with Gasteiger partial charge < -0.3 is 15.6 Å². The van der Waals surface area contributed by atoms with Gasteiger partial charge in [-0.15, -0.1) is 0 Å². The zero-order chi connectivity index (χ0) is 14.7. The summed E-state index contributed by atoms with van der Waals surface area (Å²) in [6.07, 6.45) is -0.757. The average molecular weight is 292 g/mol. The van der Waals surface area contributed by atoms with Gasteiger partial charge in [0.15, 0.2) is 0 Å². The van der Waals surface area contributed by atoms with E-state index in [1.54, 1.807) is 12.1 Å². The van der Waals surface area contributed by atoms with Crippen molar-refractivity contribution in [1.82, 2.24) is 0 Å². The van der Waals surface area contributed by atoms with Gasteiger partial charge in [0, 0.05) is 16.3 Å². The summed E-state index contributed by atoms with van der Waals surface area (Å²) in [5, 5.41) is 10.9. The lowest BCUT2D eigenvalue weighted by Gasteiger charge is -2.15. The number of aliphatic hydroxyl groups excluding tert-OH is 1. The van der Waals surface area contributed by atoms with Crippen molar-refractivity contribution in [3.8, 4) is 5.75 Å². The Hall–Kier alpha value is -1.71. The molecule has 0 aromatic heterocycles. The van der Waals surface area contributed by atoms with Gasteiger partial charge in [-0.05, 0) is 43.2 Å². The highest BCUT2D eigenvalue weighted by molar-refractivity contribution is 6.32. The molecule has 0 spiro atoms. The van der Waals surface area contributed by atoms with Crippen LogP contribution in [0.15, 0.2) is 36.4 Å². The summed E-state index contributed by atoms with van der Waals surface area (Å²) in [5.41, 5.74) is 8.97. The minimum atomic E-state index is -0.757. The predicted molar refractivity (Wildman–Crippen MR) is 82.2 cm³/mol. The molecule has 0 heterocycles. The molecule has 0 aliphatic rings. The van der Waals surface area contributed by atoms with Gasteiger partial charge in [0.05, 0.1) is 0 Å². The number of para-hydroxylation sites is 1. The fourth-order valence-electron chi connectivity index (χ4n) is 2.07. The van der Waals surface area contributed by atoms with E-state index >= 15 is 0 Å². The molecule has 0 aliphatic carbocycles. The second kappa shape index (κ2) is 6.16. The lowest BCUT2D eigenvalue weighted by Crippen LogP contribution is -2.11. The Morgan fingerprint density at radius 2 is 1.80 bits per heavy atom. The Balaban J connectivity index is 2.07. The van der Waals surface area contributed by atoms with Crippen LogP contribution in [0.2, 0.25) is 5.02 Å². The van der Waals surface area contributed by atoms with Crippen molar-refractivity contribution in [2.45, 2.75) is 20.0 Å². The molecule has 106 valence electrons. The maximum absolute atomic E-state index is 10.1. The van der Waals surface area contributed by atoms with E-state index in [-0.39, 0.29) is 6.61 Å². The molecule has 1 unspecified atom stereocenters. The van der Waals surface area contributed by atoms with E-state index < -0.39 is 6.10 Å². The van der Waals surface area contributed by atoms with Crippen molar-refractivity contribution in [3.63, 3.8) is 0 Å². The van der Waals surface area contributed by atoms with E-state index in [1.165, 1.54) is 0 Å². The fourth-order valence-corrected chi connectivity index (χ4v) is 2.18. The number of aryl methyl sites for hydroxylation is 2. The van der Waals surface area contributed by atoms with Crippen LogP contribution in [0.1, 0.15) is 22.8 Å². The maximum atomic E-state index is 10.1. The standard InChI is InChI=1S/C16H18ClNO2/c1-10-7-12(8-11(2)16(10)17)20-9-15(19)13-5-3-4-6-14(13)18/h3-8,15,19H,9,18H2,1-2H3. The lowest BCUT2D eigenvalue weighted by molar-refractivity contribution is 0.108. The number of ether oxygens (including phenoxy) is 1. The van der Waals surface area contributed by atoms with Crippen molar-refractivity contribution in [1.29, 1.82) is 0 Å². The van der Waals surface area contributed by atoms with Gasteiger partial charge in [-0.25, -0.2) is 0 Å². The quantitative estimate of drug-likeness (QED) is 0.846. The van der Waals surface area contributed by atoms with Crippen LogP contribution in [0.4, 0.5) is 5.69 Å². The van der Waals surface area contributed by atoms with Gasteiger partial charge in [0.2, 0.25) is 0 Å². The minimum Gasteiger partial charge on any atom is -0.491 e. The van der Waals surface area contributed by atoms with Crippen molar-refractivity contribution < 1.29 is 9.84 Å². The van der Waals surface area contributed by atoms with E-state index in [2.05, 4.69) is 0 Å². The second-order valence-electron chi connectivity index (χ2n) is 4.83. The molecular formula is C16H18ClNO2. The molecule has 0 saturated heterocycles. The molecule has 0 amide bonds. The van der Waals surface area contributed by atoms with Gasteiger partial charge in [0.1, 0.15) is 18.5 Å². The Morgan fingerprint density at radius 1 is 1.20 bits per heavy atom. The number of rotatable bonds is 4. The van der Waals surface area contributed by atoms with Gasteiger partial charge in [-0.1, -0.05) is 29.8 Å². The normalized spacial score (nSPS) is 12.2. The molecular weight excluding hydrogens is 274 g/mol. The number of hydrogen-bond acceptors (Lipinski definition) is 3. The molecule has 0 bridgehead atoms. The highest BCUT2D eigenvalue weighted by Gasteiger charge is 2.12. The van der Waals surface area contributed by atoms with Crippen molar-refractivity contribution >= 4 is 17.3 Å². The maximum Gasteiger partial charge on any atom is 0.120 e. The highest BCUT2D eigenvalue weighted by atomic mass is 35.5. The number of anilines is 1. The van der Waals surface area contributed by atoms with Crippen LogP contribution in [0.25, 0.3) is 0 Å². The predicted octanol–water partition coefficient (Wildman–Crippen LogP) is 3.65. The van der Waals surface area contributed by atoms with Crippen LogP contribution in [0, 0.1) is 13.8 Å². The monoisotopic (exact) mass is 291 g/mol. The fraction of sp³-hybridized carbons (Fsp3) is 0.250. The third kappa shape index (κ3) is 3.24. The number of nitrogen functional groups attached to an aromatic ring is 1. The van der Waals surface area contributed by atoms with E-state index in [9.17, 15) is 5.11 Å². The topological polar surface area (TPSA) is 55.5 Å². The molecule has 1 atom stereocenters. The number of aliphatic hydroxyl groups is 1. The second-order valence-corrected chi connectivity index (χ2v) is 5.20. The number of nitrogens with two attached hydrogens (primary N) is 1. The van der Waals surface area contributed by atoms with E-state index in [0.717, 1.165) is 16.1 Å². The Kier molecular flexibility index (Phi) is 4.53. The van der Waals surface area contributed by atoms with Crippen molar-refractivity contribution in [2.75, 3.05) is 12.3 Å². The largest absolute Gasteiger partial charge is 0.491 e. The number of halogens is 1. The molecule has 20 heavy (non-hydrogen) atoms. The van der Waals surface area contributed by atoms with E-state index in [4.69, 9.17) is 22.1 Å². The van der Waals surface area contributed by atoms with E-state index in [1.807, 2.05) is 38.1 Å². The molecule has 0 saturated carbocycles. The van der Waals surface area contributed by atoms with Gasteiger partial charge in [-0.2, -0.15) is 0 Å². The average Bonchev–Trinajstić information content (AvgIpc) is 2.42. The summed E-state index contributed by atoms with van der Waals surface area (Å²) in [4.78, 5) is 0. The molecule has 0 fully saturated rings. The molecule has 4 heteroatoms. The van der Waals surface area contributed by atoms with Gasteiger partial charge >= 0.3 is 0 Å². The minimum absolute atomic E-state index is 0.148. The van der Waals surface area contributed by atoms with E-state index in [0.29, 0.717) is 17.0 Å². The molecule has 3 N–H and O–H groups in total. The molecule has 0 aliphatic heterocycles. The summed E-state index contributed by atoms with van der Waals surface area (Å²) in [7, 11) is 0. The summed E-state index contributed by atoms with van der Waals surface area (Å²) in [6.45, 7) is 4.00. The highest BCUT2D eigenvalue weighted by Crippen LogP contribution is 2.27. The van der Waals surface area contributed by atoms with Crippen LogP contribution in [0.3, 0.4) is 0 Å². The first-order valence-electron chi connectivity index (χ1n) is 6.41. The Labute approximate surface area is 123 Å². The summed E-state index contributed by atoms with van der Waals surface area (Å²) in [6, 6.07) is 10.9. The van der Waals surface area contributed by atoms with Gasteiger partial charge in [0.25, 0.3) is 0 Å². The molecule has 2 aromatic carbocycles. The first kappa shape index (κ1) is 14.7. The summed E-state index contributed by atoms with van der Waals surface area (Å²) < 4.78 is 5.63. The molecule has 3 nitrogen and oxygen atoms in total.